The summed E-state index contributed by atoms with van der Waals surface area (Å²) in [5.74, 6) is 1.39. The number of benzene rings is 1. The monoisotopic (exact) mass is 286 g/mol. The molecule has 0 spiro atoms. The number of nitrogens with one attached hydrogen (secondary N) is 2. The highest BCUT2D eigenvalue weighted by atomic mass is 16.5. The van der Waals surface area contributed by atoms with Gasteiger partial charge < -0.3 is 15.4 Å². The number of hydrogen-bond donors (Lipinski definition) is 2. The molecule has 5 heteroatoms. The predicted octanol–water partition coefficient (Wildman–Crippen LogP) is 3.20. The van der Waals surface area contributed by atoms with Crippen LogP contribution in [0.3, 0.4) is 0 Å². The van der Waals surface area contributed by atoms with Crippen molar-refractivity contribution in [1.82, 2.24) is 9.97 Å². The van der Waals surface area contributed by atoms with Crippen LogP contribution in [0.4, 0.5) is 17.5 Å². The Balaban J connectivity index is 2.15. The second-order valence-corrected chi connectivity index (χ2v) is 5.14. The molecule has 0 saturated carbocycles. The molecule has 21 heavy (non-hydrogen) atoms. The average Bonchev–Trinajstić information content (AvgIpc) is 2.37. The number of aryl methyl sites for hydroxylation is 3. The Hall–Kier alpha value is -2.14. The molecule has 2 rings (SSSR count). The minimum atomic E-state index is 0.597. The standard InChI is InChI=1S/C16H22N4O/c1-11-7-12(2)9-14(8-11)19-16-18-13(3)10-15(20-16)17-5-6-21-4/h7-10H,5-6H2,1-4H3,(H2,17,18,19,20). The lowest BCUT2D eigenvalue weighted by molar-refractivity contribution is 0.210. The van der Waals surface area contributed by atoms with Gasteiger partial charge in [-0.15, -0.1) is 0 Å². The number of ether oxygens (including phenoxy) is 1. The van der Waals surface area contributed by atoms with Crippen molar-refractivity contribution in [2.24, 2.45) is 0 Å². The first-order valence-corrected chi connectivity index (χ1v) is 7.00. The van der Waals surface area contributed by atoms with Gasteiger partial charge in [-0.25, -0.2) is 4.98 Å². The number of methoxy groups -OCH3 is 1. The summed E-state index contributed by atoms with van der Waals surface area (Å²) >= 11 is 0. The molecule has 5 nitrogen and oxygen atoms in total. The third-order valence-electron chi connectivity index (χ3n) is 2.94. The van der Waals surface area contributed by atoms with Crippen LogP contribution in [0.5, 0.6) is 0 Å². The number of aromatic nitrogens is 2. The molecule has 0 atom stereocenters. The minimum absolute atomic E-state index is 0.597. The van der Waals surface area contributed by atoms with E-state index >= 15 is 0 Å². The van der Waals surface area contributed by atoms with Crippen LogP contribution in [-0.4, -0.2) is 30.2 Å². The van der Waals surface area contributed by atoms with E-state index in [2.05, 4.69) is 52.6 Å². The molecular formula is C16H22N4O. The molecule has 1 aromatic carbocycles. The second-order valence-electron chi connectivity index (χ2n) is 5.14. The van der Waals surface area contributed by atoms with Gasteiger partial charge in [-0.3, -0.25) is 0 Å². The fraction of sp³-hybridized carbons (Fsp3) is 0.375. The van der Waals surface area contributed by atoms with Crippen molar-refractivity contribution in [3.05, 3.63) is 41.1 Å². The molecule has 112 valence electrons. The third-order valence-corrected chi connectivity index (χ3v) is 2.94. The van der Waals surface area contributed by atoms with E-state index in [1.165, 1.54) is 11.1 Å². The summed E-state index contributed by atoms with van der Waals surface area (Å²) < 4.78 is 5.02. The Morgan fingerprint density at radius 3 is 2.38 bits per heavy atom. The van der Waals surface area contributed by atoms with Gasteiger partial charge in [0.1, 0.15) is 5.82 Å². The lowest BCUT2D eigenvalue weighted by Crippen LogP contribution is -2.10. The number of nitrogens with zero attached hydrogens (tertiary/aromatic N) is 2. The minimum Gasteiger partial charge on any atom is -0.383 e. The molecule has 1 aromatic heterocycles. The lowest BCUT2D eigenvalue weighted by atomic mass is 10.1. The molecule has 0 saturated heterocycles. The van der Waals surface area contributed by atoms with Gasteiger partial charge >= 0.3 is 0 Å². The summed E-state index contributed by atoms with van der Waals surface area (Å²) in [6.07, 6.45) is 0. The van der Waals surface area contributed by atoms with Crippen LogP contribution in [0.2, 0.25) is 0 Å². The van der Waals surface area contributed by atoms with Crippen LogP contribution in [0.15, 0.2) is 24.3 Å². The van der Waals surface area contributed by atoms with Gasteiger partial charge in [-0.2, -0.15) is 4.98 Å². The highest BCUT2D eigenvalue weighted by Crippen LogP contribution is 2.18. The fourth-order valence-corrected chi connectivity index (χ4v) is 2.17. The Morgan fingerprint density at radius 1 is 1.00 bits per heavy atom. The van der Waals surface area contributed by atoms with E-state index in [1.54, 1.807) is 7.11 Å². The van der Waals surface area contributed by atoms with Gasteiger partial charge in [0, 0.05) is 31.1 Å². The van der Waals surface area contributed by atoms with Gasteiger partial charge in [0.15, 0.2) is 0 Å². The van der Waals surface area contributed by atoms with Crippen molar-refractivity contribution in [3.8, 4) is 0 Å². The van der Waals surface area contributed by atoms with Gasteiger partial charge in [-0.05, 0) is 44.0 Å². The molecule has 0 bridgehead atoms. The normalized spacial score (nSPS) is 10.5. The van der Waals surface area contributed by atoms with Crippen LogP contribution < -0.4 is 10.6 Å². The van der Waals surface area contributed by atoms with Crippen molar-refractivity contribution in [3.63, 3.8) is 0 Å². The molecule has 0 aliphatic heterocycles. The maximum atomic E-state index is 5.02. The maximum Gasteiger partial charge on any atom is 0.229 e. The van der Waals surface area contributed by atoms with Crippen molar-refractivity contribution in [2.75, 3.05) is 30.9 Å². The van der Waals surface area contributed by atoms with Crippen molar-refractivity contribution >= 4 is 17.5 Å². The van der Waals surface area contributed by atoms with Crippen molar-refractivity contribution in [1.29, 1.82) is 0 Å². The zero-order valence-corrected chi connectivity index (χ0v) is 13.0. The second kappa shape index (κ2) is 7.04. The molecule has 2 N–H and O–H groups in total. The number of rotatable bonds is 6. The highest BCUT2D eigenvalue weighted by Gasteiger charge is 2.03. The summed E-state index contributed by atoms with van der Waals surface area (Å²) in [5.41, 5.74) is 4.34. The smallest absolute Gasteiger partial charge is 0.229 e. The van der Waals surface area contributed by atoms with E-state index < -0.39 is 0 Å². The van der Waals surface area contributed by atoms with E-state index in [4.69, 9.17) is 4.74 Å². The van der Waals surface area contributed by atoms with Gasteiger partial charge in [0.25, 0.3) is 0 Å². The van der Waals surface area contributed by atoms with E-state index in [0.717, 1.165) is 23.7 Å². The lowest BCUT2D eigenvalue weighted by Gasteiger charge is -2.10. The van der Waals surface area contributed by atoms with Crippen LogP contribution in [0.1, 0.15) is 16.8 Å². The predicted molar refractivity (Wildman–Crippen MR) is 86.3 cm³/mol. The van der Waals surface area contributed by atoms with Crippen molar-refractivity contribution in [2.45, 2.75) is 20.8 Å². The zero-order valence-electron chi connectivity index (χ0n) is 13.0. The quantitative estimate of drug-likeness (QED) is 0.799. The molecule has 0 fully saturated rings. The molecule has 2 aromatic rings. The Kier molecular flexibility index (Phi) is 5.11. The van der Waals surface area contributed by atoms with Crippen LogP contribution in [-0.2, 0) is 4.74 Å². The molecule has 0 aliphatic carbocycles. The fourth-order valence-electron chi connectivity index (χ4n) is 2.17. The summed E-state index contributed by atoms with van der Waals surface area (Å²) in [7, 11) is 1.68. The molecule has 0 aliphatic rings. The van der Waals surface area contributed by atoms with Crippen LogP contribution in [0.25, 0.3) is 0 Å². The topological polar surface area (TPSA) is 59.1 Å². The zero-order chi connectivity index (χ0) is 15.2. The van der Waals surface area contributed by atoms with Crippen molar-refractivity contribution < 1.29 is 4.74 Å². The van der Waals surface area contributed by atoms with E-state index in [9.17, 15) is 0 Å². The van der Waals surface area contributed by atoms with E-state index in [0.29, 0.717) is 12.6 Å². The molecule has 0 unspecified atom stereocenters. The summed E-state index contributed by atoms with van der Waals surface area (Å²) in [4.78, 5) is 8.89. The molecular weight excluding hydrogens is 264 g/mol. The maximum absolute atomic E-state index is 5.02. The summed E-state index contributed by atoms with van der Waals surface area (Å²) in [6.45, 7) is 7.47. The largest absolute Gasteiger partial charge is 0.383 e. The number of anilines is 3. The first-order valence-electron chi connectivity index (χ1n) is 7.00. The highest BCUT2D eigenvalue weighted by molar-refractivity contribution is 5.57. The molecule has 0 amide bonds. The first kappa shape index (κ1) is 15.3. The van der Waals surface area contributed by atoms with Crippen LogP contribution >= 0.6 is 0 Å². The summed E-state index contributed by atoms with van der Waals surface area (Å²) in [6, 6.07) is 8.22. The van der Waals surface area contributed by atoms with E-state index in [1.807, 2.05) is 13.0 Å². The Bertz CT molecular complexity index is 593. The first-order chi connectivity index (χ1) is 10.1. The van der Waals surface area contributed by atoms with E-state index in [-0.39, 0.29) is 0 Å². The SMILES string of the molecule is COCCNc1cc(C)nc(Nc2cc(C)cc(C)c2)n1. The Morgan fingerprint density at radius 2 is 1.71 bits per heavy atom. The van der Waals surface area contributed by atoms with Gasteiger partial charge in [-0.1, -0.05) is 6.07 Å². The molecule has 1 heterocycles. The molecule has 0 radical (unpaired) electrons. The van der Waals surface area contributed by atoms with Gasteiger partial charge in [0.2, 0.25) is 5.95 Å². The third kappa shape index (κ3) is 4.72. The van der Waals surface area contributed by atoms with Gasteiger partial charge in [0.05, 0.1) is 6.61 Å². The number of hydrogen-bond acceptors (Lipinski definition) is 5. The van der Waals surface area contributed by atoms with Crippen LogP contribution in [0, 0.1) is 20.8 Å². The summed E-state index contributed by atoms with van der Waals surface area (Å²) in [5, 5.41) is 6.48. The Labute approximate surface area is 125 Å². The average molecular weight is 286 g/mol.